The third-order valence-electron chi connectivity index (χ3n) is 10.2. The van der Waals surface area contributed by atoms with E-state index in [2.05, 4.69) is 35.8 Å². The lowest BCUT2D eigenvalue weighted by molar-refractivity contribution is -0.135. The SMILES string of the molecule is Cc1c(CC(=O)N2CCCC3=C[C@H]4C[C@H](CN5CCCC[C@H]45)[C@@H]32)c(=O)oc2cc3c(cc12)CCC(C)(C)O3. The second kappa shape index (κ2) is 8.97. The molecule has 3 fully saturated rings. The molecule has 1 amide bonds. The van der Waals surface area contributed by atoms with Gasteiger partial charge in [-0.1, -0.05) is 18.1 Å². The van der Waals surface area contributed by atoms with E-state index in [1.807, 2.05) is 13.0 Å². The molecule has 1 aromatic carbocycles. The molecule has 3 saturated heterocycles. The Hall–Kier alpha value is -2.60. The van der Waals surface area contributed by atoms with Crippen LogP contribution in [0.2, 0.25) is 0 Å². The lowest BCUT2D eigenvalue weighted by Gasteiger charge is -2.54. The molecule has 38 heavy (non-hydrogen) atoms. The van der Waals surface area contributed by atoms with Crippen LogP contribution in [0.4, 0.5) is 0 Å². The van der Waals surface area contributed by atoms with Crippen molar-refractivity contribution in [2.24, 2.45) is 11.8 Å². The molecule has 0 spiro atoms. The molecule has 4 atom stereocenters. The number of hydrogen-bond acceptors (Lipinski definition) is 5. The van der Waals surface area contributed by atoms with Crippen molar-refractivity contribution in [2.75, 3.05) is 19.6 Å². The highest BCUT2D eigenvalue weighted by Crippen LogP contribution is 2.45. The van der Waals surface area contributed by atoms with E-state index in [1.165, 1.54) is 37.8 Å². The number of piperidine rings is 3. The number of carbonyl (C=O) groups is 1. The van der Waals surface area contributed by atoms with Crippen LogP contribution in [0.3, 0.4) is 0 Å². The summed E-state index contributed by atoms with van der Waals surface area (Å²) in [6.45, 7) is 9.22. The number of hydrogen-bond donors (Lipinski definition) is 0. The molecule has 0 saturated carbocycles. The molecule has 7 rings (SSSR count). The van der Waals surface area contributed by atoms with Crippen molar-refractivity contribution in [3.63, 3.8) is 0 Å². The number of nitrogens with zero attached hydrogens (tertiary/aromatic N) is 2. The Morgan fingerprint density at radius 3 is 2.87 bits per heavy atom. The van der Waals surface area contributed by atoms with Crippen molar-refractivity contribution in [1.29, 1.82) is 0 Å². The first-order valence-corrected chi connectivity index (χ1v) is 14.8. The molecule has 0 radical (unpaired) electrons. The van der Waals surface area contributed by atoms with E-state index in [0.29, 0.717) is 29.0 Å². The maximum atomic E-state index is 13.9. The van der Waals surface area contributed by atoms with Gasteiger partial charge in [0.2, 0.25) is 5.91 Å². The molecular formula is C32H40N2O4. The van der Waals surface area contributed by atoms with E-state index in [9.17, 15) is 9.59 Å². The number of likely N-dealkylation sites (tertiary alicyclic amines) is 1. The molecule has 0 N–H and O–H groups in total. The molecule has 0 unspecified atom stereocenters. The van der Waals surface area contributed by atoms with Gasteiger partial charge >= 0.3 is 5.63 Å². The number of carbonyl (C=O) groups excluding carboxylic acids is 1. The van der Waals surface area contributed by atoms with Crippen LogP contribution in [0.15, 0.2) is 33.0 Å². The Kier molecular flexibility index (Phi) is 5.77. The van der Waals surface area contributed by atoms with E-state index in [-0.39, 0.29) is 24.0 Å². The van der Waals surface area contributed by atoms with Crippen molar-refractivity contribution in [2.45, 2.75) is 96.2 Å². The smallest absolute Gasteiger partial charge is 0.340 e. The largest absolute Gasteiger partial charge is 0.487 e. The summed E-state index contributed by atoms with van der Waals surface area (Å²) in [5.41, 5.74) is 3.90. The lowest BCUT2D eigenvalue weighted by Crippen LogP contribution is -2.60. The summed E-state index contributed by atoms with van der Waals surface area (Å²) < 4.78 is 12.0. The molecule has 4 aliphatic heterocycles. The summed E-state index contributed by atoms with van der Waals surface area (Å²) in [4.78, 5) is 31.9. The third kappa shape index (κ3) is 4.02. The van der Waals surface area contributed by atoms with E-state index >= 15 is 0 Å². The molecule has 1 aliphatic carbocycles. The van der Waals surface area contributed by atoms with Crippen molar-refractivity contribution < 1.29 is 13.9 Å². The summed E-state index contributed by atoms with van der Waals surface area (Å²) in [5, 5.41) is 0.914. The van der Waals surface area contributed by atoms with Gasteiger partial charge in [0.1, 0.15) is 16.9 Å². The number of benzene rings is 1. The zero-order valence-corrected chi connectivity index (χ0v) is 23.1. The first-order valence-electron chi connectivity index (χ1n) is 14.8. The second-order valence-corrected chi connectivity index (χ2v) is 13.1. The number of rotatable bonds is 2. The molecule has 2 bridgehead atoms. The Morgan fingerprint density at radius 2 is 2.00 bits per heavy atom. The molecule has 5 aliphatic rings. The minimum Gasteiger partial charge on any atom is -0.487 e. The molecule has 5 heterocycles. The average Bonchev–Trinajstić information content (AvgIpc) is 2.89. The maximum absolute atomic E-state index is 13.9. The molecule has 6 heteroatoms. The van der Waals surface area contributed by atoms with Crippen LogP contribution in [-0.2, 0) is 17.6 Å². The van der Waals surface area contributed by atoms with Gasteiger partial charge in [-0.3, -0.25) is 9.69 Å². The minimum atomic E-state index is -0.399. The van der Waals surface area contributed by atoms with Gasteiger partial charge in [0.05, 0.1) is 18.0 Å². The summed E-state index contributed by atoms with van der Waals surface area (Å²) in [6.07, 6.45) is 11.8. The number of amides is 1. The van der Waals surface area contributed by atoms with Crippen molar-refractivity contribution in [3.8, 4) is 5.75 Å². The predicted octanol–water partition coefficient (Wildman–Crippen LogP) is 5.17. The average molecular weight is 517 g/mol. The van der Waals surface area contributed by atoms with E-state index in [1.54, 1.807) is 0 Å². The number of aryl methyl sites for hydroxylation is 2. The van der Waals surface area contributed by atoms with E-state index < -0.39 is 5.63 Å². The number of ether oxygens (including phenoxy) is 1. The van der Waals surface area contributed by atoms with Crippen LogP contribution in [0.25, 0.3) is 11.0 Å². The van der Waals surface area contributed by atoms with Crippen molar-refractivity contribution in [1.82, 2.24) is 9.80 Å². The summed E-state index contributed by atoms with van der Waals surface area (Å²) >= 11 is 0. The van der Waals surface area contributed by atoms with Crippen molar-refractivity contribution >= 4 is 16.9 Å². The standard InChI is InChI=1S/C32H40N2O4/c1-19-24-15-20-9-10-32(2,3)38-27(20)17-28(24)37-31(36)25(19)16-29(35)34-12-6-7-21-13-22-14-23(30(21)34)18-33-11-5-4-8-26(22)33/h13,15,17,22-23,26,30H,4-12,14,16,18H2,1-3H3/t22-,23+,26+,30+/m0/s1. The van der Waals surface area contributed by atoms with Gasteiger partial charge in [0, 0.05) is 30.6 Å². The van der Waals surface area contributed by atoms with Crippen LogP contribution in [0.1, 0.15) is 75.5 Å². The van der Waals surface area contributed by atoms with Gasteiger partial charge in [0.25, 0.3) is 0 Å². The summed E-state index contributed by atoms with van der Waals surface area (Å²) in [6, 6.07) is 4.86. The fourth-order valence-corrected chi connectivity index (χ4v) is 8.25. The van der Waals surface area contributed by atoms with Gasteiger partial charge in [-0.25, -0.2) is 4.79 Å². The molecule has 2 aromatic rings. The van der Waals surface area contributed by atoms with Crippen LogP contribution in [0, 0.1) is 18.8 Å². The third-order valence-corrected chi connectivity index (χ3v) is 10.2. The highest BCUT2D eigenvalue weighted by molar-refractivity contribution is 5.86. The van der Waals surface area contributed by atoms with Gasteiger partial charge < -0.3 is 14.1 Å². The van der Waals surface area contributed by atoms with Crippen molar-refractivity contribution in [3.05, 3.63) is 50.9 Å². The first-order chi connectivity index (χ1) is 18.3. The van der Waals surface area contributed by atoms with E-state index in [0.717, 1.165) is 61.0 Å². The predicted molar refractivity (Wildman–Crippen MR) is 148 cm³/mol. The van der Waals surface area contributed by atoms with Gasteiger partial charge in [-0.05, 0) is 101 Å². The highest BCUT2D eigenvalue weighted by Gasteiger charge is 2.47. The quantitative estimate of drug-likeness (QED) is 0.407. The highest BCUT2D eigenvalue weighted by atomic mass is 16.5. The monoisotopic (exact) mass is 516 g/mol. The topological polar surface area (TPSA) is 63.0 Å². The Balaban J connectivity index is 1.18. The summed E-state index contributed by atoms with van der Waals surface area (Å²) in [7, 11) is 0. The van der Waals surface area contributed by atoms with Gasteiger partial charge in [-0.15, -0.1) is 0 Å². The fraction of sp³-hybridized carbons (Fsp3) is 0.625. The van der Waals surface area contributed by atoms with Crippen LogP contribution in [0.5, 0.6) is 5.75 Å². The lowest BCUT2D eigenvalue weighted by atomic mass is 9.68. The zero-order chi connectivity index (χ0) is 26.2. The summed E-state index contributed by atoms with van der Waals surface area (Å²) in [5.74, 6) is 2.01. The zero-order valence-electron chi connectivity index (χ0n) is 23.1. The van der Waals surface area contributed by atoms with Crippen LogP contribution < -0.4 is 10.4 Å². The minimum absolute atomic E-state index is 0.0672. The van der Waals surface area contributed by atoms with E-state index in [4.69, 9.17) is 9.15 Å². The molecular weight excluding hydrogens is 476 g/mol. The fourth-order valence-electron chi connectivity index (χ4n) is 8.25. The normalized spacial score (nSPS) is 30.1. The van der Waals surface area contributed by atoms with Gasteiger partial charge in [0.15, 0.2) is 0 Å². The molecule has 1 aromatic heterocycles. The Labute approximate surface area is 225 Å². The van der Waals surface area contributed by atoms with Crippen LogP contribution in [-0.4, -0.2) is 53.0 Å². The Bertz CT molecular complexity index is 1390. The first kappa shape index (κ1) is 24.4. The Morgan fingerprint density at radius 1 is 1.13 bits per heavy atom. The van der Waals surface area contributed by atoms with Gasteiger partial charge in [-0.2, -0.15) is 0 Å². The maximum Gasteiger partial charge on any atom is 0.340 e. The number of fused-ring (bicyclic) bond motifs is 8. The van der Waals surface area contributed by atoms with Crippen LogP contribution >= 0.6 is 0 Å². The molecule has 202 valence electrons. The molecule has 6 nitrogen and oxygen atoms in total. The second-order valence-electron chi connectivity index (χ2n) is 13.1.